The molecule has 180 valence electrons. The average Bonchev–Trinajstić information content (AvgIpc) is 3.30. The molecule has 5 aromatic rings. The summed E-state index contributed by atoms with van der Waals surface area (Å²) in [5.41, 5.74) is 5.04. The highest BCUT2D eigenvalue weighted by molar-refractivity contribution is 7.98. The number of carbonyl (C=O) groups is 1. The van der Waals surface area contributed by atoms with Crippen LogP contribution in [0.3, 0.4) is 0 Å². The summed E-state index contributed by atoms with van der Waals surface area (Å²) >= 11 is 7.98. The average molecular weight is 513 g/mol. The smallest absolute Gasteiger partial charge is 0.252 e. The number of benzene rings is 4. The Bertz CT molecular complexity index is 1560. The van der Waals surface area contributed by atoms with E-state index in [1.165, 1.54) is 11.1 Å². The highest BCUT2D eigenvalue weighted by Gasteiger charge is 2.18. The first kappa shape index (κ1) is 24.1. The van der Waals surface area contributed by atoms with Gasteiger partial charge in [0.2, 0.25) is 0 Å². The van der Waals surface area contributed by atoms with Crippen molar-refractivity contribution in [2.24, 2.45) is 0 Å². The molecule has 5 nitrogen and oxygen atoms in total. The number of hydrogen-bond donors (Lipinski definition) is 1. The van der Waals surface area contributed by atoms with Gasteiger partial charge in [-0.2, -0.15) is 0 Å². The van der Waals surface area contributed by atoms with E-state index in [0.29, 0.717) is 16.4 Å². The van der Waals surface area contributed by atoms with Crippen LogP contribution in [0.25, 0.3) is 16.5 Å². The lowest BCUT2D eigenvalue weighted by atomic mass is 10.0. The first-order chi connectivity index (χ1) is 17.5. The molecule has 0 unspecified atom stereocenters. The Morgan fingerprint density at radius 1 is 0.917 bits per heavy atom. The fourth-order valence-corrected chi connectivity index (χ4v) is 5.37. The van der Waals surface area contributed by atoms with E-state index in [-0.39, 0.29) is 12.5 Å². The third-order valence-corrected chi connectivity index (χ3v) is 7.38. The van der Waals surface area contributed by atoms with Gasteiger partial charge in [0.15, 0.2) is 11.0 Å². The predicted molar refractivity (Wildman–Crippen MR) is 147 cm³/mol. The number of nitrogens with one attached hydrogen (secondary N) is 1. The van der Waals surface area contributed by atoms with E-state index in [4.69, 9.17) is 11.6 Å². The lowest BCUT2D eigenvalue weighted by Crippen LogP contribution is -2.25. The van der Waals surface area contributed by atoms with Crippen LogP contribution < -0.4 is 5.32 Å². The molecule has 1 amide bonds. The number of carbonyl (C=O) groups excluding carboxylic acids is 1. The van der Waals surface area contributed by atoms with Crippen LogP contribution in [-0.2, 0) is 12.3 Å². The molecule has 4 aromatic carbocycles. The molecule has 0 aliphatic heterocycles. The summed E-state index contributed by atoms with van der Waals surface area (Å²) in [4.78, 5) is 13.2. The third kappa shape index (κ3) is 5.01. The van der Waals surface area contributed by atoms with E-state index < -0.39 is 0 Å². The number of amides is 1. The zero-order valence-corrected chi connectivity index (χ0v) is 21.6. The Balaban J connectivity index is 1.45. The van der Waals surface area contributed by atoms with Crippen molar-refractivity contribution in [2.75, 3.05) is 0 Å². The van der Waals surface area contributed by atoms with Crippen molar-refractivity contribution in [2.45, 2.75) is 31.3 Å². The van der Waals surface area contributed by atoms with E-state index in [2.05, 4.69) is 34.6 Å². The van der Waals surface area contributed by atoms with Gasteiger partial charge in [-0.25, -0.2) is 0 Å². The second kappa shape index (κ2) is 10.6. The Kier molecular flexibility index (Phi) is 7.07. The fourth-order valence-electron chi connectivity index (χ4n) is 4.17. The number of fused-ring (bicyclic) bond motifs is 1. The summed E-state index contributed by atoms with van der Waals surface area (Å²) in [7, 11) is 0. The van der Waals surface area contributed by atoms with Crippen LogP contribution in [0.4, 0.5) is 0 Å². The monoisotopic (exact) mass is 512 g/mol. The molecule has 0 bridgehead atoms. The molecule has 5 rings (SSSR count). The number of aryl methyl sites for hydroxylation is 2. The number of aromatic nitrogens is 3. The van der Waals surface area contributed by atoms with Crippen LogP contribution in [0.15, 0.2) is 90.1 Å². The molecule has 0 fully saturated rings. The molecule has 1 N–H and O–H groups in total. The molecule has 0 aliphatic rings. The van der Waals surface area contributed by atoms with Gasteiger partial charge in [-0.1, -0.05) is 90.1 Å². The molecular formula is C29H25ClN4OS. The van der Waals surface area contributed by atoms with Gasteiger partial charge >= 0.3 is 0 Å². The number of hydrogen-bond acceptors (Lipinski definition) is 4. The van der Waals surface area contributed by atoms with Crippen LogP contribution in [0.5, 0.6) is 0 Å². The van der Waals surface area contributed by atoms with Crippen molar-refractivity contribution in [3.8, 4) is 5.69 Å². The second-order valence-corrected chi connectivity index (χ2v) is 9.97. The minimum atomic E-state index is -0.154. The number of halogens is 1. The van der Waals surface area contributed by atoms with Gasteiger partial charge in [0.25, 0.3) is 5.91 Å². The molecule has 1 aromatic heterocycles. The lowest BCUT2D eigenvalue weighted by molar-refractivity contribution is 0.0951. The quantitative estimate of drug-likeness (QED) is 0.241. The van der Waals surface area contributed by atoms with Crippen molar-refractivity contribution < 1.29 is 4.79 Å². The maximum atomic E-state index is 13.2. The van der Waals surface area contributed by atoms with E-state index in [1.54, 1.807) is 11.8 Å². The van der Waals surface area contributed by atoms with Gasteiger partial charge in [0, 0.05) is 16.3 Å². The van der Waals surface area contributed by atoms with Crippen LogP contribution in [0.2, 0.25) is 5.02 Å². The van der Waals surface area contributed by atoms with Crippen molar-refractivity contribution >= 4 is 40.0 Å². The first-order valence-corrected chi connectivity index (χ1v) is 13.0. The largest absolute Gasteiger partial charge is 0.345 e. The molecule has 0 aliphatic carbocycles. The van der Waals surface area contributed by atoms with Gasteiger partial charge in [-0.3, -0.25) is 9.36 Å². The van der Waals surface area contributed by atoms with Crippen molar-refractivity contribution in [3.63, 3.8) is 0 Å². The highest BCUT2D eigenvalue weighted by atomic mass is 35.5. The van der Waals surface area contributed by atoms with Gasteiger partial charge < -0.3 is 5.32 Å². The molecule has 0 atom stereocenters. The molecule has 36 heavy (non-hydrogen) atoms. The fraction of sp³-hybridized carbons (Fsp3) is 0.138. The lowest BCUT2D eigenvalue weighted by Gasteiger charge is -2.14. The summed E-state index contributed by atoms with van der Waals surface area (Å²) < 4.78 is 1.99. The molecule has 0 radical (unpaired) electrons. The summed E-state index contributed by atoms with van der Waals surface area (Å²) in [6.07, 6.45) is 0. The molecule has 1 heterocycles. The van der Waals surface area contributed by atoms with Crippen LogP contribution in [0.1, 0.15) is 32.9 Å². The van der Waals surface area contributed by atoms with Crippen molar-refractivity contribution in [1.82, 2.24) is 20.1 Å². The zero-order valence-electron chi connectivity index (χ0n) is 20.0. The topological polar surface area (TPSA) is 59.8 Å². The summed E-state index contributed by atoms with van der Waals surface area (Å²) in [6, 6.07) is 27.7. The van der Waals surface area contributed by atoms with Crippen molar-refractivity contribution in [1.29, 1.82) is 0 Å². The van der Waals surface area contributed by atoms with Crippen LogP contribution in [0, 0.1) is 13.8 Å². The molecule has 0 saturated heterocycles. The Labute approximate surface area is 219 Å². The van der Waals surface area contributed by atoms with E-state index in [0.717, 1.165) is 32.9 Å². The second-order valence-electron chi connectivity index (χ2n) is 8.59. The maximum Gasteiger partial charge on any atom is 0.252 e. The van der Waals surface area contributed by atoms with Gasteiger partial charge in [0.05, 0.1) is 12.2 Å². The predicted octanol–water partition coefficient (Wildman–Crippen LogP) is 6.91. The Hall–Kier alpha value is -3.61. The molecule has 7 heteroatoms. The molecular weight excluding hydrogens is 488 g/mol. The van der Waals surface area contributed by atoms with Crippen LogP contribution >= 0.6 is 23.4 Å². The number of nitrogens with zero attached hydrogens (tertiary/aromatic N) is 3. The summed E-state index contributed by atoms with van der Waals surface area (Å²) in [5.74, 6) is 1.24. The van der Waals surface area contributed by atoms with Crippen LogP contribution in [-0.4, -0.2) is 20.7 Å². The minimum absolute atomic E-state index is 0.154. The SMILES string of the molecule is Cc1ccccc1CSc1nnc(CNC(=O)c2cccc3ccccc23)n1-c1cc(Cl)ccc1C. The Morgan fingerprint density at radius 3 is 2.56 bits per heavy atom. The minimum Gasteiger partial charge on any atom is -0.345 e. The standard InChI is InChI=1S/C29H25ClN4OS/c1-19-8-3-4-10-22(19)18-36-29-33-32-27(34(29)26-16-23(30)15-14-20(26)2)17-31-28(35)25-13-7-11-21-9-5-6-12-24(21)25/h3-16H,17-18H2,1-2H3,(H,31,35). The van der Waals surface area contributed by atoms with E-state index in [9.17, 15) is 4.79 Å². The number of rotatable bonds is 7. The summed E-state index contributed by atoms with van der Waals surface area (Å²) in [6.45, 7) is 4.36. The molecule has 0 spiro atoms. The zero-order chi connectivity index (χ0) is 25.1. The third-order valence-electron chi connectivity index (χ3n) is 6.17. The van der Waals surface area contributed by atoms with E-state index in [1.807, 2.05) is 84.3 Å². The first-order valence-electron chi connectivity index (χ1n) is 11.7. The Morgan fingerprint density at radius 2 is 1.69 bits per heavy atom. The van der Waals surface area contributed by atoms with Gasteiger partial charge in [-0.15, -0.1) is 10.2 Å². The maximum absolute atomic E-state index is 13.2. The summed E-state index contributed by atoms with van der Waals surface area (Å²) in [5, 5.41) is 15.3. The van der Waals surface area contributed by atoms with Crippen molar-refractivity contribution in [3.05, 3.63) is 118 Å². The molecule has 0 saturated carbocycles. The normalized spacial score (nSPS) is 11.1. The van der Waals surface area contributed by atoms with E-state index >= 15 is 0 Å². The number of thioether (sulfide) groups is 1. The van der Waals surface area contributed by atoms with Gasteiger partial charge in [-0.05, 0) is 59.5 Å². The van der Waals surface area contributed by atoms with Gasteiger partial charge in [0.1, 0.15) is 0 Å². The highest BCUT2D eigenvalue weighted by Crippen LogP contribution is 2.29.